The van der Waals surface area contributed by atoms with E-state index in [4.69, 9.17) is 14.7 Å². The molecule has 0 amide bonds. The lowest BCUT2D eigenvalue weighted by Crippen LogP contribution is -2.00. The van der Waals surface area contributed by atoms with Gasteiger partial charge >= 0.3 is 0 Å². The molecule has 8 heteroatoms. The third-order valence-electron chi connectivity index (χ3n) is 5.42. The van der Waals surface area contributed by atoms with Crippen LogP contribution in [-0.4, -0.2) is 40.6 Å². The number of ether oxygens (including phenoxy) is 1. The van der Waals surface area contributed by atoms with E-state index in [1.165, 1.54) is 0 Å². The number of nitrogens with zero attached hydrogens (tertiary/aromatic N) is 3. The third-order valence-corrected chi connectivity index (χ3v) is 5.42. The molecule has 0 aliphatic heterocycles. The first-order chi connectivity index (χ1) is 17.1. The molecule has 35 heavy (non-hydrogen) atoms. The number of nitrogens with one attached hydrogen (secondary N) is 3. The highest BCUT2D eigenvalue weighted by molar-refractivity contribution is 5.94. The van der Waals surface area contributed by atoms with Crippen LogP contribution in [0.4, 0.5) is 17.2 Å². The number of carbonyl (C=O) groups excluding carboxylic acids is 1. The molecule has 2 aromatic heterocycles. The molecule has 5 rings (SSSR count). The Morgan fingerprint density at radius 3 is 2.66 bits per heavy atom. The fourth-order valence-corrected chi connectivity index (χ4v) is 3.55. The molecular formula is C27H28N6O2. The summed E-state index contributed by atoms with van der Waals surface area (Å²) in [5.74, 6) is 2.12. The number of anilines is 3. The van der Waals surface area contributed by atoms with E-state index < -0.39 is 0 Å². The van der Waals surface area contributed by atoms with Gasteiger partial charge in [-0.15, -0.1) is 0 Å². The molecule has 0 atom stereocenters. The molecule has 3 N–H and O–H groups in total. The number of fused-ring (bicyclic) bond motifs is 2. The van der Waals surface area contributed by atoms with Crippen molar-refractivity contribution in [3.63, 3.8) is 0 Å². The highest BCUT2D eigenvalue weighted by atomic mass is 16.5. The monoisotopic (exact) mass is 468 g/mol. The van der Waals surface area contributed by atoms with Crippen LogP contribution in [0.15, 0.2) is 66.9 Å². The van der Waals surface area contributed by atoms with Crippen molar-refractivity contribution in [2.45, 2.75) is 19.8 Å². The molecule has 0 aliphatic carbocycles. The standard InChI is InChI=1S/C23H20N6O.C4H8O/c1-24-16-5-3-4-14(10-16)22-27-21-12-18(30-2)7-8-19(21)23(28-22)26-17-6-9-20-15(11-17)13-25-29-20;1-2-3-4-5/h3-13,24H,1-2H3,(H,25,29)(H,26,27,28);4H,2-3H2,1H3. The minimum atomic E-state index is 0.639. The predicted octanol–water partition coefficient (Wildman–Crippen LogP) is 5.95. The van der Waals surface area contributed by atoms with Gasteiger partial charge in [-0.05, 0) is 48.9 Å². The fourth-order valence-electron chi connectivity index (χ4n) is 3.55. The number of hydrogen-bond acceptors (Lipinski definition) is 7. The Morgan fingerprint density at radius 2 is 1.91 bits per heavy atom. The van der Waals surface area contributed by atoms with Gasteiger partial charge in [0.1, 0.15) is 17.9 Å². The van der Waals surface area contributed by atoms with E-state index in [0.717, 1.165) is 63.0 Å². The zero-order chi connectivity index (χ0) is 24.6. The minimum absolute atomic E-state index is 0.639. The van der Waals surface area contributed by atoms with Gasteiger partial charge in [0.05, 0.1) is 24.3 Å². The molecule has 0 fully saturated rings. The quantitative estimate of drug-likeness (QED) is 0.253. The molecule has 0 saturated heterocycles. The average molecular weight is 469 g/mol. The second-order valence-corrected chi connectivity index (χ2v) is 7.86. The molecule has 0 aliphatic rings. The van der Waals surface area contributed by atoms with Gasteiger partial charge in [-0.2, -0.15) is 5.10 Å². The number of benzene rings is 3. The second kappa shape index (κ2) is 11.1. The van der Waals surface area contributed by atoms with E-state index in [9.17, 15) is 4.79 Å². The average Bonchev–Trinajstić information content (AvgIpc) is 3.37. The van der Waals surface area contributed by atoms with Gasteiger partial charge in [-0.1, -0.05) is 19.1 Å². The number of hydrogen-bond donors (Lipinski definition) is 3. The van der Waals surface area contributed by atoms with Crippen molar-refractivity contribution >= 4 is 45.3 Å². The number of unbranched alkanes of at least 4 members (excludes halogenated alkanes) is 1. The lowest BCUT2D eigenvalue weighted by Gasteiger charge is -2.12. The van der Waals surface area contributed by atoms with Crippen LogP contribution in [0, 0.1) is 0 Å². The van der Waals surface area contributed by atoms with Gasteiger partial charge < -0.3 is 20.2 Å². The van der Waals surface area contributed by atoms with Crippen molar-refractivity contribution in [3.05, 3.63) is 66.9 Å². The molecular weight excluding hydrogens is 440 g/mol. The van der Waals surface area contributed by atoms with Gasteiger partial charge in [0.15, 0.2) is 5.82 Å². The maximum absolute atomic E-state index is 9.40. The van der Waals surface area contributed by atoms with Crippen LogP contribution in [0.25, 0.3) is 33.2 Å². The summed E-state index contributed by atoms with van der Waals surface area (Å²) in [6.07, 6.45) is 4.42. The number of methoxy groups -OCH3 is 1. The maximum Gasteiger partial charge on any atom is 0.162 e. The molecule has 178 valence electrons. The molecule has 8 nitrogen and oxygen atoms in total. The van der Waals surface area contributed by atoms with Gasteiger partial charge in [-0.25, -0.2) is 9.97 Å². The first kappa shape index (κ1) is 23.7. The Morgan fingerprint density at radius 1 is 1.03 bits per heavy atom. The molecule has 5 aromatic rings. The lowest BCUT2D eigenvalue weighted by molar-refractivity contribution is -0.107. The Hall–Kier alpha value is -4.46. The van der Waals surface area contributed by atoms with E-state index in [1.54, 1.807) is 13.3 Å². The maximum atomic E-state index is 9.40. The van der Waals surface area contributed by atoms with Crippen LogP contribution in [0.3, 0.4) is 0 Å². The smallest absolute Gasteiger partial charge is 0.162 e. The van der Waals surface area contributed by atoms with Crippen molar-refractivity contribution in [3.8, 4) is 17.1 Å². The first-order valence-electron chi connectivity index (χ1n) is 11.4. The molecule has 0 saturated carbocycles. The zero-order valence-corrected chi connectivity index (χ0v) is 20.0. The summed E-state index contributed by atoms with van der Waals surface area (Å²) in [6.45, 7) is 1.98. The summed E-state index contributed by atoms with van der Waals surface area (Å²) in [4.78, 5) is 19.1. The van der Waals surface area contributed by atoms with Crippen molar-refractivity contribution in [2.75, 3.05) is 24.8 Å². The minimum Gasteiger partial charge on any atom is -0.497 e. The van der Waals surface area contributed by atoms with Crippen LogP contribution in [-0.2, 0) is 4.79 Å². The lowest BCUT2D eigenvalue weighted by atomic mass is 10.1. The zero-order valence-electron chi connectivity index (χ0n) is 20.0. The Labute approximate surface area is 203 Å². The van der Waals surface area contributed by atoms with Gasteiger partial charge in [0, 0.05) is 47.2 Å². The van der Waals surface area contributed by atoms with Crippen molar-refractivity contribution in [1.82, 2.24) is 20.2 Å². The summed E-state index contributed by atoms with van der Waals surface area (Å²) in [5.41, 5.74) is 4.65. The highest BCUT2D eigenvalue weighted by Crippen LogP contribution is 2.31. The largest absolute Gasteiger partial charge is 0.497 e. The van der Waals surface area contributed by atoms with E-state index in [0.29, 0.717) is 12.2 Å². The third kappa shape index (κ3) is 5.55. The number of aromatic amines is 1. The van der Waals surface area contributed by atoms with E-state index in [2.05, 4.69) is 20.8 Å². The van der Waals surface area contributed by atoms with E-state index in [-0.39, 0.29) is 0 Å². The Balaban J connectivity index is 0.000000527. The normalized spacial score (nSPS) is 10.5. The summed E-state index contributed by atoms with van der Waals surface area (Å²) in [5, 5.41) is 15.6. The molecule has 2 heterocycles. The van der Waals surface area contributed by atoms with Crippen LogP contribution in [0.5, 0.6) is 5.75 Å². The molecule has 0 radical (unpaired) electrons. The van der Waals surface area contributed by atoms with Crippen LogP contribution < -0.4 is 15.4 Å². The van der Waals surface area contributed by atoms with E-state index >= 15 is 0 Å². The topological polar surface area (TPSA) is 105 Å². The highest BCUT2D eigenvalue weighted by Gasteiger charge is 2.12. The number of H-pyrrole nitrogens is 1. The van der Waals surface area contributed by atoms with Crippen molar-refractivity contribution < 1.29 is 9.53 Å². The second-order valence-electron chi connectivity index (χ2n) is 7.86. The molecule has 0 bridgehead atoms. The predicted molar refractivity (Wildman–Crippen MR) is 141 cm³/mol. The molecule has 0 unspecified atom stereocenters. The van der Waals surface area contributed by atoms with Crippen LogP contribution in [0.2, 0.25) is 0 Å². The van der Waals surface area contributed by atoms with Crippen molar-refractivity contribution in [2.24, 2.45) is 0 Å². The summed E-state index contributed by atoms with van der Waals surface area (Å²) in [6, 6.07) is 19.9. The van der Waals surface area contributed by atoms with Gasteiger partial charge in [0.2, 0.25) is 0 Å². The van der Waals surface area contributed by atoms with Gasteiger partial charge in [0.25, 0.3) is 0 Å². The number of aromatic nitrogens is 4. The number of rotatable bonds is 7. The van der Waals surface area contributed by atoms with Crippen molar-refractivity contribution in [1.29, 1.82) is 0 Å². The fraction of sp³-hybridized carbons (Fsp3) is 0.185. The first-order valence-corrected chi connectivity index (χ1v) is 11.4. The Bertz CT molecular complexity index is 1450. The summed E-state index contributed by atoms with van der Waals surface area (Å²) < 4.78 is 5.40. The molecule has 0 spiro atoms. The number of carbonyl (C=O) groups is 1. The SMILES string of the molecule is CCCC=O.CNc1cccc(-c2nc(Nc3ccc4[nH]ncc4c3)c3ccc(OC)cc3n2)c1. The van der Waals surface area contributed by atoms with Crippen LogP contribution in [0.1, 0.15) is 19.8 Å². The summed E-state index contributed by atoms with van der Waals surface area (Å²) >= 11 is 0. The van der Waals surface area contributed by atoms with E-state index in [1.807, 2.05) is 74.6 Å². The summed E-state index contributed by atoms with van der Waals surface area (Å²) in [7, 11) is 3.54. The van der Waals surface area contributed by atoms with Crippen LogP contribution >= 0.6 is 0 Å². The number of aldehydes is 1. The molecule has 3 aromatic carbocycles. The Kier molecular flexibility index (Phi) is 7.52. The van der Waals surface area contributed by atoms with Gasteiger partial charge in [-0.3, -0.25) is 5.10 Å².